The van der Waals surface area contributed by atoms with Crippen LogP contribution in [-0.2, 0) is 13.6 Å². The van der Waals surface area contributed by atoms with Crippen molar-refractivity contribution in [2.24, 2.45) is 10.8 Å². The molecule has 0 bridgehead atoms. The van der Waals surface area contributed by atoms with Gasteiger partial charge < -0.3 is 9.05 Å². The third kappa shape index (κ3) is 1.58. The van der Waals surface area contributed by atoms with E-state index in [0.717, 1.165) is 5.31 Å². The van der Waals surface area contributed by atoms with Gasteiger partial charge in [-0.15, -0.1) is 0 Å². The maximum Gasteiger partial charge on any atom is 0.357 e. The fraction of sp³-hybridized carbons (Fsp3) is 0.800. The van der Waals surface area contributed by atoms with Gasteiger partial charge in [-0.25, -0.2) is 0 Å². The third-order valence-corrected chi connectivity index (χ3v) is 5.35. The summed E-state index contributed by atoms with van der Waals surface area (Å²) in [7, 11) is -0.153. The van der Waals surface area contributed by atoms with E-state index in [9.17, 15) is 4.57 Å². The first-order valence-electron chi connectivity index (χ1n) is 4.67. The zero-order chi connectivity index (χ0) is 11.2. The van der Waals surface area contributed by atoms with Crippen molar-refractivity contribution in [1.82, 2.24) is 0 Å². The van der Waals surface area contributed by atoms with Crippen molar-refractivity contribution in [3.05, 3.63) is 11.4 Å². The Morgan fingerprint density at radius 3 is 1.93 bits per heavy atom. The fourth-order valence-corrected chi connectivity index (χ4v) is 3.34. The molecule has 1 atom stereocenters. The van der Waals surface area contributed by atoms with Crippen molar-refractivity contribution in [1.29, 1.82) is 0 Å². The van der Waals surface area contributed by atoms with Crippen LogP contribution in [0.15, 0.2) is 11.4 Å². The van der Waals surface area contributed by atoms with Crippen molar-refractivity contribution < 1.29 is 13.6 Å². The van der Waals surface area contributed by atoms with E-state index in [2.05, 4.69) is 27.7 Å². The Morgan fingerprint density at radius 2 is 1.71 bits per heavy atom. The highest BCUT2D eigenvalue weighted by Gasteiger charge is 2.57. The molecule has 0 aromatic carbocycles. The van der Waals surface area contributed by atoms with E-state index in [1.54, 1.807) is 0 Å². The Bertz CT molecular complexity index is 306. The van der Waals surface area contributed by atoms with Gasteiger partial charge in [0.25, 0.3) is 0 Å². The lowest BCUT2D eigenvalue weighted by molar-refractivity contribution is 0.244. The molecule has 3 nitrogen and oxygen atoms in total. The lowest BCUT2D eigenvalue weighted by Crippen LogP contribution is -2.22. The van der Waals surface area contributed by atoms with Gasteiger partial charge in [-0.05, 0) is 5.41 Å². The van der Waals surface area contributed by atoms with E-state index in [-0.39, 0.29) is 10.8 Å². The molecule has 0 fully saturated rings. The summed E-state index contributed by atoms with van der Waals surface area (Å²) in [6.45, 7) is 8.41. The summed E-state index contributed by atoms with van der Waals surface area (Å²) in [5.74, 6) is 0. The van der Waals surface area contributed by atoms with Crippen LogP contribution < -0.4 is 0 Å². The molecule has 0 N–H and O–H groups in total. The first kappa shape index (κ1) is 12.0. The van der Waals surface area contributed by atoms with Crippen LogP contribution in [0.25, 0.3) is 0 Å². The van der Waals surface area contributed by atoms with E-state index in [0.29, 0.717) is 0 Å². The van der Waals surface area contributed by atoms with Gasteiger partial charge in [0.05, 0.1) is 0 Å². The molecule has 0 aliphatic heterocycles. The fourth-order valence-electron chi connectivity index (χ4n) is 1.47. The predicted octanol–water partition coefficient (Wildman–Crippen LogP) is 3.42. The topological polar surface area (TPSA) is 35.5 Å². The monoisotopic (exact) mass is 218 g/mol. The smallest absolute Gasteiger partial charge is 0.309 e. The minimum absolute atomic E-state index is 0.0506. The van der Waals surface area contributed by atoms with E-state index in [4.69, 9.17) is 9.05 Å². The van der Waals surface area contributed by atoms with Crippen molar-refractivity contribution in [2.75, 3.05) is 14.2 Å². The molecule has 1 unspecified atom stereocenters. The molecule has 1 aliphatic rings. The summed E-state index contributed by atoms with van der Waals surface area (Å²) in [6, 6.07) is 0. The van der Waals surface area contributed by atoms with Crippen LogP contribution in [0.1, 0.15) is 27.7 Å². The summed E-state index contributed by atoms with van der Waals surface area (Å²) in [6.07, 6.45) is 1.99. The molecule has 0 heterocycles. The minimum Gasteiger partial charge on any atom is -0.309 e. The summed E-state index contributed by atoms with van der Waals surface area (Å²) < 4.78 is 22.0. The van der Waals surface area contributed by atoms with Crippen LogP contribution >= 0.6 is 7.60 Å². The van der Waals surface area contributed by atoms with Crippen LogP contribution in [0.3, 0.4) is 0 Å². The molecule has 4 heteroatoms. The second-order valence-corrected chi connectivity index (χ2v) is 7.05. The van der Waals surface area contributed by atoms with E-state index < -0.39 is 7.60 Å². The van der Waals surface area contributed by atoms with Crippen LogP contribution in [0, 0.1) is 10.8 Å². The van der Waals surface area contributed by atoms with Crippen molar-refractivity contribution in [2.45, 2.75) is 27.7 Å². The van der Waals surface area contributed by atoms with Crippen molar-refractivity contribution in [3.8, 4) is 0 Å². The third-order valence-electron chi connectivity index (χ3n) is 3.21. The second kappa shape index (κ2) is 3.19. The minimum atomic E-state index is -3.00. The van der Waals surface area contributed by atoms with Gasteiger partial charge in [0.1, 0.15) is 0 Å². The van der Waals surface area contributed by atoms with Crippen LogP contribution in [-0.4, -0.2) is 14.2 Å². The largest absolute Gasteiger partial charge is 0.357 e. The Morgan fingerprint density at radius 1 is 1.29 bits per heavy atom. The zero-order valence-electron chi connectivity index (χ0n) is 9.75. The molecule has 1 aliphatic carbocycles. The Hall–Kier alpha value is -0.110. The summed E-state index contributed by atoms with van der Waals surface area (Å²) in [5, 5.41) is 0.808. The molecular weight excluding hydrogens is 199 g/mol. The number of allylic oxidation sites excluding steroid dienone is 2. The molecule has 0 spiro atoms. The number of rotatable bonds is 3. The number of hydrogen-bond acceptors (Lipinski definition) is 3. The standard InChI is InChI=1S/C10H19O3P/c1-9(2,3)10(4)7-8(10)14(11,12-5)13-6/h7H,1-6H3. The van der Waals surface area contributed by atoms with Gasteiger partial charge in [-0.2, -0.15) is 0 Å². The average molecular weight is 218 g/mol. The van der Waals surface area contributed by atoms with E-state index in [1.807, 2.05) is 6.08 Å². The maximum absolute atomic E-state index is 12.1. The van der Waals surface area contributed by atoms with Gasteiger partial charge in [-0.1, -0.05) is 33.8 Å². The van der Waals surface area contributed by atoms with Gasteiger partial charge in [0.15, 0.2) is 0 Å². The number of hydrogen-bond donors (Lipinski definition) is 0. The molecule has 0 saturated heterocycles. The first-order valence-corrected chi connectivity index (χ1v) is 6.21. The van der Waals surface area contributed by atoms with Crippen molar-refractivity contribution >= 4 is 7.60 Å². The van der Waals surface area contributed by atoms with Gasteiger partial charge in [0.2, 0.25) is 0 Å². The predicted molar refractivity (Wildman–Crippen MR) is 57.3 cm³/mol. The molecule has 0 radical (unpaired) electrons. The van der Waals surface area contributed by atoms with Gasteiger partial charge in [-0.3, -0.25) is 4.57 Å². The molecule has 0 aromatic heterocycles. The molecule has 14 heavy (non-hydrogen) atoms. The van der Waals surface area contributed by atoms with Gasteiger partial charge in [0, 0.05) is 24.9 Å². The Balaban J connectivity index is 2.89. The van der Waals surface area contributed by atoms with Gasteiger partial charge >= 0.3 is 7.60 Å². The van der Waals surface area contributed by atoms with E-state index in [1.165, 1.54) is 14.2 Å². The average Bonchev–Trinajstić information content (AvgIpc) is 2.78. The lowest BCUT2D eigenvalue weighted by atomic mass is 9.77. The Kier molecular flexibility index (Phi) is 2.73. The molecule has 0 saturated carbocycles. The van der Waals surface area contributed by atoms with Crippen LogP contribution in [0.4, 0.5) is 0 Å². The highest BCUT2D eigenvalue weighted by Crippen LogP contribution is 2.73. The quantitative estimate of drug-likeness (QED) is 0.681. The summed E-state index contributed by atoms with van der Waals surface area (Å²) in [4.78, 5) is 0. The highest BCUT2D eigenvalue weighted by atomic mass is 31.2. The molecule has 0 amide bonds. The maximum atomic E-state index is 12.1. The zero-order valence-corrected chi connectivity index (χ0v) is 10.6. The molecule has 1 rings (SSSR count). The molecule has 0 aromatic rings. The molecule has 82 valence electrons. The normalized spacial score (nSPS) is 27.4. The van der Waals surface area contributed by atoms with E-state index >= 15 is 0 Å². The first-order chi connectivity index (χ1) is 6.21. The summed E-state index contributed by atoms with van der Waals surface area (Å²) in [5.41, 5.74) is -0.0798. The molecular formula is C10H19O3P. The lowest BCUT2D eigenvalue weighted by Gasteiger charge is -2.30. The SMILES string of the molecule is COP(=O)(OC)C1=CC1(C)C(C)(C)C. The van der Waals surface area contributed by atoms with Crippen molar-refractivity contribution in [3.63, 3.8) is 0 Å². The second-order valence-electron chi connectivity index (χ2n) is 4.84. The van der Waals surface area contributed by atoms with Crippen LogP contribution in [0.5, 0.6) is 0 Å². The van der Waals surface area contributed by atoms with Crippen LogP contribution in [0.2, 0.25) is 0 Å². The highest BCUT2D eigenvalue weighted by molar-refractivity contribution is 7.59. The summed E-state index contributed by atoms with van der Waals surface area (Å²) >= 11 is 0. The Labute approximate surface area is 86.0 Å².